The maximum atomic E-state index is 12.5. The van der Waals surface area contributed by atoms with Crippen molar-refractivity contribution in [2.75, 3.05) is 5.32 Å². The molecule has 0 saturated carbocycles. The summed E-state index contributed by atoms with van der Waals surface area (Å²) in [6.07, 6.45) is 0. The Labute approximate surface area is 131 Å². The van der Waals surface area contributed by atoms with Crippen molar-refractivity contribution in [1.82, 2.24) is 14.7 Å². The first-order chi connectivity index (χ1) is 11.0. The SMILES string of the molecule is Cc1ccccc1NC(=O)Cn1c(C)nc2onc(C)c2c1=O. The van der Waals surface area contributed by atoms with Crippen molar-refractivity contribution in [3.05, 3.63) is 51.7 Å². The van der Waals surface area contributed by atoms with Gasteiger partial charge < -0.3 is 9.84 Å². The number of aryl methyl sites for hydroxylation is 3. The molecule has 0 bridgehead atoms. The highest BCUT2D eigenvalue weighted by Gasteiger charge is 2.16. The Balaban J connectivity index is 1.92. The van der Waals surface area contributed by atoms with Crippen LogP contribution in [0.1, 0.15) is 17.1 Å². The second-order valence-electron chi connectivity index (χ2n) is 5.36. The summed E-state index contributed by atoms with van der Waals surface area (Å²) in [5.74, 6) is 0.110. The topological polar surface area (TPSA) is 90.0 Å². The van der Waals surface area contributed by atoms with Crippen molar-refractivity contribution in [3.63, 3.8) is 0 Å². The predicted molar refractivity (Wildman–Crippen MR) is 85.3 cm³/mol. The van der Waals surface area contributed by atoms with Crippen LogP contribution in [-0.4, -0.2) is 20.6 Å². The molecule has 3 aromatic rings. The normalized spacial score (nSPS) is 10.9. The zero-order valence-corrected chi connectivity index (χ0v) is 13.1. The molecule has 0 aliphatic carbocycles. The van der Waals surface area contributed by atoms with E-state index in [0.29, 0.717) is 16.9 Å². The molecule has 23 heavy (non-hydrogen) atoms. The van der Waals surface area contributed by atoms with Crippen LogP contribution < -0.4 is 10.9 Å². The summed E-state index contributed by atoms with van der Waals surface area (Å²) >= 11 is 0. The minimum Gasteiger partial charge on any atom is -0.335 e. The molecule has 0 aliphatic heterocycles. The highest BCUT2D eigenvalue weighted by molar-refractivity contribution is 5.91. The van der Waals surface area contributed by atoms with E-state index in [0.717, 1.165) is 11.3 Å². The number of rotatable bonds is 3. The molecule has 7 heteroatoms. The molecule has 1 N–H and O–H groups in total. The van der Waals surface area contributed by atoms with Crippen LogP contribution in [0.2, 0.25) is 0 Å². The zero-order valence-electron chi connectivity index (χ0n) is 13.1. The third-order valence-corrected chi connectivity index (χ3v) is 3.68. The minimum atomic E-state index is -0.328. The molecule has 0 saturated heterocycles. The molecule has 0 atom stereocenters. The van der Waals surface area contributed by atoms with Gasteiger partial charge in [0, 0.05) is 5.69 Å². The van der Waals surface area contributed by atoms with E-state index in [-0.39, 0.29) is 23.7 Å². The average Bonchev–Trinajstić information content (AvgIpc) is 2.87. The molecule has 3 rings (SSSR count). The Morgan fingerprint density at radius 1 is 1.26 bits per heavy atom. The molecule has 0 radical (unpaired) electrons. The molecule has 7 nitrogen and oxygen atoms in total. The summed E-state index contributed by atoms with van der Waals surface area (Å²) in [6.45, 7) is 5.11. The molecule has 1 amide bonds. The third-order valence-electron chi connectivity index (χ3n) is 3.68. The first-order valence-corrected chi connectivity index (χ1v) is 7.16. The maximum Gasteiger partial charge on any atom is 0.267 e. The minimum absolute atomic E-state index is 0.118. The Bertz CT molecular complexity index is 956. The van der Waals surface area contributed by atoms with Crippen LogP contribution in [0.25, 0.3) is 11.1 Å². The van der Waals surface area contributed by atoms with Crippen LogP contribution in [0, 0.1) is 20.8 Å². The fourth-order valence-corrected chi connectivity index (χ4v) is 2.40. The van der Waals surface area contributed by atoms with E-state index in [2.05, 4.69) is 15.5 Å². The van der Waals surface area contributed by atoms with Crippen LogP contribution in [-0.2, 0) is 11.3 Å². The molecular formula is C16H16N4O3. The van der Waals surface area contributed by atoms with Crippen molar-refractivity contribution in [2.24, 2.45) is 0 Å². The van der Waals surface area contributed by atoms with Gasteiger partial charge in [0.05, 0.1) is 5.69 Å². The van der Waals surface area contributed by atoms with Gasteiger partial charge in [0.2, 0.25) is 5.91 Å². The number of benzene rings is 1. The van der Waals surface area contributed by atoms with Gasteiger partial charge in [-0.2, -0.15) is 4.98 Å². The molecule has 0 unspecified atom stereocenters. The summed E-state index contributed by atoms with van der Waals surface area (Å²) in [4.78, 5) is 29.0. The molecule has 2 heterocycles. The van der Waals surface area contributed by atoms with Crippen LogP contribution in [0.5, 0.6) is 0 Å². The van der Waals surface area contributed by atoms with Gasteiger partial charge in [0.25, 0.3) is 11.3 Å². The molecule has 1 aromatic carbocycles. The molecule has 118 valence electrons. The number of amides is 1. The largest absolute Gasteiger partial charge is 0.335 e. The fraction of sp³-hybridized carbons (Fsp3) is 0.250. The Kier molecular flexibility index (Phi) is 3.69. The molecule has 2 aromatic heterocycles. The highest BCUT2D eigenvalue weighted by Crippen LogP contribution is 2.14. The number of fused-ring (bicyclic) bond motifs is 1. The number of anilines is 1. The summed E-state index contributed by atoms with van der Waals surface area (Å²) in [6, 6.07) is 7.45. The maximum absolute atomic E-state index is 12.5. The number of para-hydroxylation sites is 1. The van der Waals surface area contributed by atoms with Crippen molar-refractivity contribution in [2.45, 2.75) is 27.3 Å². The van der Waals surface area contributed by atoms with Crippen molar-refractivity contribution in [3.8, 4) is 0 Å². The first-order valence-electron chi connectivity index (χ1n) is 7.16. The zero-order chi connectivity index (χ0) is 16.6. The second kappa shape index (κ2) is 5.68. The number of nitrogens with zero attached hydrogens (tertiary/aromatic N) is 3. The summed E-state index contributed by atoms with van der Waals surface area (Å²) in [5.41, 5.74) is 2.00. The third kappa shape index (κ3) is 2.73. The Hall–Kier alpha value is -2.96. The van der Waals surface area contributed by atoms with E-state index in [4.69, 9.17) is 4.52 Å². The van der Waals surface area contributed by atoms with Gasteiger partial charge in [-0.3, -0.25) is 14.2 Å². The lowest BCUT2D eigenvalue weighted by Gasteiger charge is -2.11. The van der Waals surface area contributed by atoms with E-state index in [9.17, 15) is 9.59 Å². The highest BCUT2D eigenvalue weighted by atomic mass is 16.5. The van der Waals surface area contributed by atoms with Crippen LogP contribution >= 0.6 is 0 Å². The van der Waals surface area contributed by atoms with Gasteiger partial charge in [-0.05, 0) is 32.4 Å². The Morgan fingerprint density at radius 3 is 2.74 bits per heavy atom. The number of nitrogens with one attached hydrogen (secondary N) is 1. The van der Waals surface area contributed by atoms with Crippen LogP contribution in [0.4, 0.5) is 5.69 Å². The lowest BCUT2D eigenvalue weighted by atomic mass is 10.2. The Morgan fingerprint density at radius 2 is 2.00 bits per heavy atom. The summed E-state index contributed by atoms with van der Waals surface area (Å²) < 4.78 is 6.33. The van der Waals surface area contributed by atoms with E-state index >= 15 is 0 Å². The van der Waals surface area contributed by atoms with Gasteiger partial charge in [0.15, 0.2) is 0 Å². The van der Waals surface area contributed by atoms with E-state index in [1.807, 2.05) is 31.2 Å². The molecule has 0 fully saturated rings. The van der Waals surface area contributed by atoms with Crippen LogP contribution in [0.15, 0.2) is 33.6 Å². The average molecular weight is 312 g/mol. The van der Waals surface area contributed by atoms with Gasteiger partial charge in [-0.25, -0.2) is 0 Å². The second-order valence-corrected chi connectivity index (χ2v) is 5.36. The predicted octanol–water partition coefficient (Wildman–Crippen LogP) is 1.95. The molecule has 0 spiro atoms. The van der Waals surface area contributed by atoms with E-state index in [1.54, 1.807) is 13.8 Å². The fourth-order valence-electron chi connectivity index (χ4n) is 2.40. The summed E-state index contributed by atoms with van der Waals surface area (Å²) in [5, 5.41) is 6.85. The standard InChI is InChI=1S/C16H16N4O3/c1-9-6-4-5-7-12(9)18-13(21)8-20-11(3)17-15-14(16(20)22)10(2)19-23-15/h4-7H,8H2,1-3H3,(H,18,21). The van der Waals surface area contributed by atoms with Gasteiger partial charge in [-0.1, -0.05) is 23.4 Å². The van der Waals surface area contributed by atoms with E-state index in [1.165, 1.54) is 4.57 Å². The number of carbonyl (C=O) groups excluding carboxylic acids is 1. The van der Waals surface area contributed by atoms with Gasteiger partial charge in [-0.15, -0.1) is 0 Å². The molecule has 0 aliphatic rings. The van der Waals surface area contributed by atoms with Gasteiger partial charge >= 0.3 is 0 Å². The van der Waals surface area contributed by atoms with Gasteiger partial charge in [0.1, 0.15) is 17.8 Å². The van der Waals surface area contributed by atoms with Crippen LogP contribution in [0.3, 0.4) is 0 Å². The van der Waals surface area contributed by atoms with E-state index < -0.39 is 0 Å². The molecular weight excluding hydrogens is 296 g/mol. The van der Waals surface area contributed by atoms with Crippen molar-refractivity contribution in [1.29, 1.82) is 0 Å². The smallest absolute Gasteiger partial charge is 0.267 e. The number of aromatic nitrogens is 3. The number of hydrogen-bond donors (Lipinski definition) is 1. The lowest BCUT2D eigenvalue weighted by Crippen LogP contribution is -2.30. The van der Waals surface area contributed by atoms with Crippen molar-refractivity contribution >= 4 is 22.7 Å². The first kappa shape index (κ1) is 15.0. The quantitative estimate of drug-likeness (QED) is 0.798. The summed E-state index contributed by atoms with van der Waals surface area (Å²) in [7, 11) is 0. The number of hydrogen-bond acceptors (Lipinski definition) is 5. The lowest BCUT2D eigenvalue weighted by molar-refractivity contribution is -0.116. The number of carbonyl (C=O) groups is 1. The monoisotopic (exact) mass is 312 g/mol. The van der Waals surface area contributed by atoms with Crippen molar-refractivity contribution < 1.29 is 9.32 Å².